The molecule has 0 rings (SSSR count). The number of nitrogens with one attached hydrogen (secondary N) is 1. The van der Waals surface area contributed by atoms with Crippen LogP contribution in [-0.2, 0) is 4.79 Å². The van der Waals surface area contributed by atoms with E-state index in [4.69, 9.17) is 11.3 Å². The zero-order valence-corrected chi connectivity index (χ0v) is 6.32. The van der Waals surface area contributed by atoms with Crippen molar-refractivity contribution >= 4 is 5.91 Å². The van der Waals surface area contributed by atoms with Gasteiger partial charge >= 0.3 is 0 Å². The second-order valence-corrected chi connectivity index (χ2v) is 1.93. The molecule has 0 spiro atoms. The zero-order chi connectivity index (χ0) is 8.69. The van der Waals surface area contributed by atoms with Gasteiger partial charge in [0.1, 0.15) is 0 Å². The number of nitrogens with two attached hydrogens (primary N) is 1. The topological polar surface area (TPSA) is 104 Å². The lowest BCUT2D eigenvalue weighted by atomic mass is 10.3. The van der Waals surface area contributed by atoms with Gasteiger partial charge in [-0.2, -0.15) is 0 Å². The van der Waals surface area contributed by atoms with Gasteiger partial charge in [0.15, 0.2) is 0 Å². The van der Waals surface area contributed by atoms with Crippen LogP contribution in [0.3, 0.4) is 0 Å². The van der Waals surface area contributed by atoms with Gasteiger partial charge in [0.05, 0.1) is 12.6 Å². The number of amides is 1. The van der Waals surface area contributed by atoms with Gasteiger partial charge in [-0.05, 0) is 12.1 Å². The molecule has 0 aliphatic carbocycles. The van der Waals surface area contributed by atoms with E-state index in [0.29, 0.717) is 6.54 Å². The van der Waals surface area contributed by atoms with Gasteiger partial charge in [0.25, 0.3) is 0 Å². The summed E-state index contributed by atoms with van der Waals surface area (Å²) in [6.45, 7) is 2.53. The fourth-order valence-corrected chi connectivity index (χ4v) is 0.620. The minimum atomic E-state index is -0.545. The molecule has 0 heterocycles. The summed E-state index contributed by atoms with van der Waals surface area (Å²) in [5.74, 6) is -0.501. The minimum absolute atomic E-state index is 0.0691. The van der Waals surface area contributed by atoms with E-state index in [-0.39, 0.29) is 6.54 Å². The van der Waals surface area contributed by atoms with Crippen LogP contribution >= 0.6 is 0 Å². The van der Waals surface area contributed by atoms with Crippen molar-refractivity contribution in [3.63, 3.8) is 0 Å². The third kappa shape index (κ3) is 4.19. The van der Waals surface area contributed by atoms with Gasteiger partial charge in [-0.15, -0.1) is 0 Å². The summed E-state index contributed by atoms with van der Waals surface area (Å²) in [7, 11) is 0. The van der Waals surface area contributed by atoms with Gasteiger partial charge < -0.3 is 11.1 Å². The first-order valence-corrected chi connectivity index (χ1v) is 3.26. The van der Waals surface area contributed by atoms with E-state index in [2.05, 4.69) is 15.3 Å². The Morgan fingerprint density at radius 3 is 2.91 bits per heavy atom. The zero-order valence-electron chi connectivity index (χ0n) is 6.32. The number of rotatable bonds is 5. The van der Waals surface area contributed by atoms with Crippen LogP contribution < -0.4 is 11.1 Å². The third-order valence-corrected chi connectivity index (χ3v) is 1.12. The number of hydrogen-bond donors (Lipinski definition) is 2. The molecule has 1 atom stereocenters. The van der Waals surface area contributed by atoms with Gasteiger partial charge in [0, 0.05) is 4.91 Å². The molecule has 3 N–H and O–H groups in total. The van der Waals surface area contributed by atoms with Crippen molar-refractivity contribution in [1.29, 1.82) is 0 Å². The van der Waals surface area contributed by atoms with E-state index >= 15 is 0 Å². The molecule has 0 saturated heterocycles. The predicted molar refractivity (Wildman–Crippen MR) is 40.7 cm³/mol. The maximum atomic E-state index is 10.6. The number of carbonyl (C=O) groups excluding carboxylic acids is 1. The van der Waals surface area contributed by atoms with Crippen LogP contribution in [0.5, 0.6) is 0 Å². The van der Waals surface area contributed by atoms with E-state index in [1.54, 1.807) is 0 Å². The standard InChI is InChI=1S/C5H11N5O/c1-2-8-4(5(6)11)3-9-10-7/h4,8H,2-3H2,1H3,(H2,6,11). The minimum Gasteiger partial charge on any atom is -0.368 e. The van der Waals surface area contributed by atoms with Crippen molar-refractivity contribution in [2.24, 2.45) is 10.8 Å². The van der Waals surface area contributed by atoms with E-state index in [0.717, 1.165) is 0 Å². The Morgan fingerprint density at radius 2 is 2.55 bits per heavy atom. The smallest absolute Gasteiger partial charge is 0.234 e. The summed E-state index contributed by atoms with van der Waals surface area (Å²) in [6.07, 6.45) is 0. The molecule has 0 aromatic rings. The fraction of sp³-hybridized carbons (Fsp3) is 0.800. The quantitative estimate of drug-likeness (QED) is 0.326. The maximum Gasteiger partial charge on any atom is 0.234 e. The number of carbonyl (C=O) groups is 1. The van der Waals surface area contributed by atoms with Gasteiger partial charge in [-0.25, -0.2) is 0 Å². The number of azide groups is 1. The molecule has 0 aromatic carbocycles. The van der Waals surface area contributed by atoms with Crippen molar-refractivity contribution < 1.29 is 4.79 Å². The molecule has 0 saturated carbocycles. The summed E-state index contributed by atoms with van der Waals surface area (Å²) in [4.78, 5) is 13.1. The lowest BCUT2D eigenvalue weighted by molar-refractivity contribution is -0.119. The van der Waals surface area contributed by atoms with Crippen LogP contribution in [0.4, 0.5) is 0 Å². The van der Waals surface area contributed by atoms with Gasteiger partial charge in [-0.3, -0.25) is 4.79 Å². The summed E-state index contributed by atoms with van der Waals surface area (Å²) in [6, 6.07) is -0.545. The molecule has 11 heavy (non-hydrogen) atoms. The molecule has 1 amide bonds. The van der Waals surface area contributed by atoms with Crippen molar-refractivity contribution in [3.05, 3.63) is 10.4 Å². The van der Waals surface area contributed by atoms with Crippen LogP contribution in [0.15, 0.2) is 5.11 Å². The molecule has 0 radical (unpaired) electrons. The van der Waals surface area contributed by atoms with Crippen LogP contribution in [0.2, 0.25) is 0 Å². The highest BCUT2D eigenvalue weighted by Gasteiger charge is 2.11. The number of hydrogen-bond acceptors (Lipinski definition) is 3. The molecule has 0 aliphatic heterocycles. The van der Waals surface area contributed by atoms with Crippen molar-refractivity contribution in [2.75, 3.05) is 13.1 Å². The number of nitrogens with zero attached hydrogens (tertiary/aromatic N) is 3. The highest BCUT2D eigenvalue weighted by molar-refractivity contribution is 5.80. The van der Waals surface area contributed by atoms with Crippen LogP contribution in [0.25, 0.3) is 10.4 Å². The first-order valence-electron chi connectivity index (χ1n) is 3.26. The third-order valence-electron chi connectivity index (χ3n) is 1.12. The Hall–Kier alpha value is -1.26. The highest BCUT2D eigenvalue weighted by atomic mass is 16.1. The largest absolute Gasteiger partial charge is 0.368 e. The SMILES string of the molecule is CCNC(CN=[N+]=[N-])C(N)=O. The molecule has 0 aliphatic rings. The van der Waals surface area contributed by atoms with E-state index in [1.807, 2.05) is 6.92 Å². The first kappa shape index (κ1) is 9.74. The Morgan fingerprint density at radius 1 is 1.91 bits per heavy atom. The summed E-state index contributed by atoms with van der Waals surface area (Å²) in [5, 5.41) is 6.01. The predicted octanol–water partition coefficient (Wildman–Crippen LogP) is -0.240. The maximum absolute atomic E-state index is 10.6. The lowest BCUT2D eigenvalue weighted by Gasteiger charge is -2.09. The molecule has 0 bridgehead atoms. The Bertz CT molecular complexity index is 174. The normalized spacial score (nSPS) is 11.7. The van der Waals surface area contributed by atoms with Crippen molar-refractivity contribution in [3.8, 4) is 0 Å². The Labute approximate surface area is 64.4 Å². The molecule has 6 nitrogen and oxygen atoms in total. The summed E-state index contributed by atoms with van der Waals surface area (Å²) in [5.41, 5.74) is 12.9. The van der Waals surface area contributed by atoms with E-state index in [1.165, 1.54) is 0 Å². The van der Waals surface area contributed by atoms with Crippen molar-refractivity contribution in [2.45, 2.75) is 13.0 Å². The van der Waals surface area contributed by atoms with Crippen molar-refractivity contribution in [1.82, 2.24) is 5.32 Å². The average molecular weight is 157 g/mol. The first-order chi connectivity index (χ1) is 5.22. The number of likely N-dealkylation sites (N-methyl/N-ethyl adjacent to an activating group) is 1. The van der Waals surface area contributed by atoms with E-state index < -0.39 is 11.9 Å². The Kier molecular flexibility index (Phi) is 4.89. The Balaban J connectivity index is 3.88. The fourth-order valence-electron chi connectivity index (χ4n) is 0.620. The summed E-state index contributed by atoms with van der Waals surface area (Å²) >= 11 is 0. The molecule has 0 fully saturated rings. The lowest BCUT2D eigenvalue weighted by Crippen LogP contribution is -2.43. The molecule has 1 unspecified atom stereocenters. The van der Waals surface area contributed by atoms with Crippen LogP contribution in [0.1, 0.15) is 6.92 Å². The molecule has 6 heteroatoms. The molecular formula is C5H11N5O. The molecule has 0 aromatic heterocycles. The van der Waals surface area contributed by atoms with Gasteiger partial charge in [0.2, 0.25) is 5.91 Å². The van der Waals surface area contributed by atoms with Crippen LogP contribution in [0, 0.1) is 0 Å². The van der Waals surface area contributed by atoms with E-state index in [9.17, 15) is 4.79 Å². The number of primary amides is 1. The monoisotopic (exact) mass is 157 g/mol. The molecule has 62 valence electrons. The second-order valence-electron chi connectivity index (χ2n) is 1.93. The highest BCUT2D eigenvalue weighted by Crippen LogP contribution is 1.83. The second kappa shape index (κ2) is 5.52. The van der Waals surface area contributed by atoms with Crippen LogP contribution in [-0.4, -0.2) is 25.0 Å². The molecular weight excluding hydrogens is 146 g/mol. The van der Waals surface area contributed by atoms with Gasteiger partial charge in [-0.1, -0.05) is 12.0 Å². The average Bonchev–Trinajstić information content (AvgIpc) is 1.97. The summed E-state index contributed by atoms with van der Waals surface area (Å²) < 4.78 is 0.